The molecular formula is C29H33N3O9. The van der Waals surface area contributed by atoms with Gasteiger partial charge in [0.15, 0.2) is 18.9 Å². The molecule has 218 valence electrons. The Morgan fingerprint density at radius 3 is 2.41 bits per heavy atom. The first-order valence-corrected chi connectivity index (χ1v) is 13.8. The first-order valence-electron chi connectivity index (χ1n) is 13.8. The highest BCUT2D eigenvalue weighted by Crippen LogP contribution is 2.41. The lowest BCUT2D eigenvalue weighted by molar-refractivity contribution is -0.371. The fourth-order valence-corrected chi connectivity index (χ4v) is 5.88. The molecule has 2 aromatic rings. The van der Waals surface area contributed by atoms with E-state index in [-0.39, 0.29) is 25.2 Å². The van der Waals surface area contributed by atoms with Gasteiger partial charge in [0, 0.05) is 23.3 Å². The Hall–Kier alpha value is -3.06. The molecule has 4 aliphatic rings. The summed E-state index contributed by atoms with van der Waals surface area (Å²) in [6.07, 6.45) is -5.96. The molecular weight excluding hydrogens is 534 g/mol. The van der Waals surface area contributed by atoms with Gasteiger partial charge in [-0.3, -0.25) is 4.79 Å². The van der Waals surface area contributed by atoms with Crippen molar-refractivity contribution < 1.29 is 42.7 Å². The van der Waals surface area contributed by atoms with E-state index in [9.17, 15) is 10.3 Å². The van der Waals surface area contributed by atoms with Gasteiger partial charge in [-0.05, 0) is 11.1 Å². The highest BCUT2D eigenvalue weighted by Gasteiger charge is 2.56. The van der Waals surface area contributed by atoms with Crippen molar-refractivity contribution in [1.29, 1.82) is 0 Å². The second-order valence-corrected chi connectivity index (χ2v) is 10.6. The van der Waals surface area contributed by atoms with Gasteiger partial charge in [0.05, 0.1) is 25.9 Å². The standard InChI is InChI=1S/C29H33N3O9/c1-16-23-20(14-35-27(40-23)19-11-7-4-8-12-19)39-29(24(16)34-13-18-9-5-3-6-10-18)41-25-21-15-36-28(38-21)22(31-32-30)26(25)37-17(2)33/h3-12,16,20-29H,13-15H2,1-2H3/t16-,20?,21+,22-,23-,24?,25+,26?,27?,28?,29-/m0/s1. The van der Waals surface area contributed by atoms with Crippen LogP contribution in [-0.2, 0) is 49.3 Å². The average Bonchev–Trinajstić information content (AvgIpc) is 3.43. The average molecular weight is 568 g/mol. The molecule has 6 rings (SSSR count). The zero-order chi connectivity index (χ0) is 28.3. The zero-order valence-electron chi connectivity index (χ0n) is 22.8. The van der Waals surface area contributed by atoms with Gasteiger partial charge in [-0.1, -0.05) is 72.7 Å². The van der Waals surface area contributed by atoms with Crippen LogP contribution in [0.15, 0.2) is 65.8 Å². The number of fused-ring (bicyclic) bond motifs is 3. The van der Waals surface area contributed by atoms with E-state index in [1.807, 2.05) is 67.6 Å². The Kier molecular flexibility index (Phi) is 8.52. The number of esters is 1. The third-order valence-corrected chi connectivity index (χ3v) is 7.85. The van der Waals surface area contributed by atoms with Gasteiger partial charge < -0.3 is 37.9 Å². The number of azide groups is 1. The fraction of sp³-hybridized carbons (Fsp3) is 0.552. The molecule has 4 saturated heterocycles. The molecule has 4 aliphatic heterocycles. The third kappa shape index (κ3) is 5.97. The normalized spacial score (nSPS) is 38.0. The largest absolute Gasteiger partial charge is 0.459 e. The van der Waals surface area contributed by atoms with E-state index in [2.05, 4.69) is 10.0 Å². The van der Waals surface area contributed by atoms with Crippen LogP contribution in [0, 0.1) is 5.92 Å². The van der Waals surface area contributed by atoms with Crippen LogP contribution < -0.4 is 0 Å². The van der Waals surface area contributed by atoms with Gasteiger partial charge in [0.1, 0.15) is 36.6 Å². The molecule has 5 unspecified atom stereocenters. The zero-order valence-corrected chi connectivity index (χ0v) is 22.8. The number of benzene rings is 2. The smallest absolute Gasteiger partial charge is 0.303 e. The Morgan fingerprint density at radius 2 is 1.68 bits per heavy atom. The van der Waals surface area contributed by atoms with Crippen molar-refractivity contribution in [3.05, 3.63) is 82.2 Å². The van der Waals surface area contributed by atoms with Crippen molar-refractivity contribution in [2.75, 3.05) is 13.2 Å². The summed E-state index contributed by atoms with van der Waals surface area (Å²) >= 11 is 0. The lowest BCUT2D eigenvalue weighted by Gasteiger charge is -2.50. The van der Waals surface area contributed by atoms with Crippen molar-refractivity contribution in [2.45, 2.75) is 82.0 Å². The third-order valence-electron chi connectivity index (χ3n) is 7.85. The molecule has 41 heavy (non-hydrogen) atoms. The summed E-state index contributed by atoms with van der Waals surface area (Å²) in [7, 11) is 0. The summed E-state index contributed by atoms with van der Waals surface area (Å²) in [5, 5.41) is 3.81. The minimum absolute atomic E-state index is 0.172. The van der Waals surface area contributed by atoms with Crippen LogP contribution in [0.3, 0.4) is 0 Å². The molecule has 4 heterocycles. The molecule has 0 N–H and O–H groups in total. The van der Waals surface area contributed by atoms with E-state index in [1.165, 1.54) is 6.92 Å². The summed E-state index contributed by atoms with van der Waals surface area (Å²) in [5.41, 5.74) is 11.1. The number of hydrogen-bond donors (Lipinski definition) is 0. The fourth-order valence-electron chi connectivity index (χ4n) is 5.88. The number of hydrogen-bond acceptors (Lipinski definition) is 10. The van der Waals surface area contributed by atoms with E-state index in [0.29, 0.717) is 6.61 Å². The quantitative estimate of drug-likeness (QED) is 0.202. The lowest BCUT2D eigenvalue weighted by Crippen LogP contribution is -2.62. The number of carbonyl (C=O) groups excluding carboxylic acids is 1. The number of nitrogens with zero attached hydrogens (tertiary/aromatic N) is 3. The molecule has 12 nitrogen and oxygen atoms in total. The van der Waals surface area contributed by atoms with Crippen LogP contribution in [0.4, 0.5) is 0 Å². The summed E-state index contributed by atoms with van der Waals surface area (Å²) in [6.45, 7) is 4.11. The predicted octanol–water partition coefficient (Wildman–Crippen LogP) is 3.80. The topological polar surface area (TPSA) is 140 Å². The van der Waals surface area contributed by atoms with Crippen LogP contribution in [0.1, 0.15) is 31.3 Å². The number of carbonyl (C=O) groups is 1. The van der Waals surface area contributed by atoms with Gasteiger partial charge in [-0.25, -0.2) is 0 Å². The van der Waals surface area contributed by atoms with E-state index in [1.54, 1.807) is 0 Å². The summed E-state index contributed by atoms with van der Waals surface area (Å²) in [6, 6.07) is 18.6. The van der Waals surface area contributed by atoms with E-state index >= 15 is 0 Å². The van der Waals surface area contributed by atoms with Crippen molar-refractivity contribution in [2.24, 2.45) is 11.0 Å². The van der Waals surface area contributed by atoms with Gasteiger partial charge in [0.2, 0.25) is 0 Å². The Bertz CT molecular complexity index is 1230. The SMILES string of the molecule is CC(=O)OC1[C@H](N=[N+]=[N-])C2OC[C@@H](O2)[C@H]1O[C@@H]1OC2COC(c3ccccc3)O[C@H]2[C@H](C)C1OCc1ccccc1. The number of rotatable bonds is 8. The molecule has 0 aliphatic carbocycles. The van der Waals surface area contributed by atoms with Crippen LogP contribution in [0.2, 0.25) is 0 Å². The Morgan fingerprint density at radius 1 is 0.951 bits per heavy atom. The molecule has 4 fully saturated rings. The molecule has 12 heteroatoms. The molecule has 0 amide bonds. The van der Waals surface area contributed by atoms with Crippen LogP contribution in [-0.4, -0.2) is 74.4 Å². The minimum Gasteiger partial charge on any atom is -0.459 e. The monoisotopic (exact) mass is 567 g/mol. The maximum absolute atomic E-state index is 12.1. The number of ether oxygens (including phenoxy) is 8. The molecule has 2 bridgehead atoms. The van der Waals surface area contributed by atoms with Gasteiger partial charge in [0.25, 0.3) is 0 Å². The summed E-state index contributed by atoms with van der Waals surface area (Å²) < 4.78 is 49.2. The Balaban J connectivity index is 1.26. The maximum atomic E-state index is 12.1. The molecule has 0 aromatic heterocycles. The Labute approximate surface area is 237 Å². The van der Waals surface area contributed by atoms with E-state index < -0.39 is 61.4 Å². The molecule has 11 atom stereocenters. The lowest BCUT2D eigenvalue weighted by atomic mass is 9.89. The van der Waals surface area contributed by atoms with Crippen LogP contribution >= 0.6 is 0 Å². The molecule has 2 aromatic carbocycles. The van der Waals surface area contributed by atoms with Crippen molar-refractivity contribution in [3.8, 4) is 0 Å². The van der Waals surface area contributed by atoms with E-state index in [4.69, 9.17) is 37.9 Å². The maximum Gasteiger partial charge on any atom is 0.303 e. The van der Waals surface area contributed by atoms with Gasteiger partial charge in [-0.15, -0.1) is 0 Å². The van der Waals surface area contributed by atoms with Gasteiger partial charge >= 0.3 is 5.97 Å². The van der Waals surface area contributed by atoms with Crippen LogP contribution in [0.5, 0.6) is 0 Å². The summed E-state index contributed by atoms with van der Waals surface area (Å²) in [4.78, 5) is 15.0. The second-order valence-electron chi connectivity index (χ2n) is 10.6. The molecule has 0 saturated carbocycles. The van der Waals surface area contributed by atoms with Crippen molar-refractivity contribution >= 4 is 5.97 Å². The van der Waals surface area contributed by atoms with Crippen molar-refractivity contribution in [1.82, 2.24) is 0 Å². The molecule has 0 spiro atoms. The first kappa shape index (κ1) is 28.1. The predicted molar refractivity (Wildman–Crippen MR) is 141 cm³/mol. The van der Waals surface area contributed by atoms with Gasteiger partial charge in [-0.2, -0.15) is 0 Å². The highest BCUT2D eigenvalue weighted by molar-refractivity contribution is 5.66. The first-order chi connectivity index (χ1) is 20.0. The summed E-state index contributed by atoms with van der Waals surface area (Å²) in [5.74, 6) is -0.714. The molecule has 0 radical (unpaired) electrons. The highest BCUT2D eigenvalue weighted by atomic mass is 16.8. The minimum atomic E-state index is -0.942. The van der Waals surface area contributed by atoms with Crippen LogP contribution in [0.25, 0.3) is 10.4 Å². The second kappa shape index (κ2) is 12.4. The van der Waals surface area contributed by atoms with Crippen molar-refractivity contribution in [3.63, 3.8) is 0 Å². The van der Waals surface area contributed by atoms with E-state index in [0.717, 1.165) is 11.1 Å².